The molecule has 1 N–H and O–H groups in total. The van der Waals surface area contributed by atoms with E-state index in [0.29, 0.717) is 5.39 Å². The van der Waals surface area contributed by atoms with Crippen molar-refractivity contribution in [2.45, 2.75) is 30.2 Å². The summed E-state index contributed by atoms with van der Waals surface area (Å²) in [5, 5.41) is 3.55. The summed E-state index contributed by atoms with van der Waals surface area (Å²) >= 11 is 1.71. The second-order valence-corrected chi connectivity index (χ2v) is 8.38. The van der Waals surface area contributed by atoms with E-state index in [9.17, 15) is 9.59 Å². The lowest BCUT2D eigenvalue weighted by Gasteiger charge is -2.11. The number of aromatic nitrogens is 1. The Balaban J connectivity index is 1.45. The van der Waals surface area contributed by atoms with Crippen molar-refractivity contribution in [2.24, 2.45) is 0 Å². The number of anilines is 1. The molecule has 5 heteroatoms. The molecule has 0 bridgehead atoms. The van der Waals surface area contributed by atoms with Crippen LogP contribution in [0.1, 0.15) is 11.1 Å². The van der Waals surface area contributed by atoms with Gasteiger partial charge in [-0.25, -0.2) is 0 Å². The molecule has 0 fully saturated rings. The van der Waals surface area contributed by atoms with Gasteiger partial charge in [-0.05, 0) is 67.4 Å². The van der Waals surface area contributed by atoms with Gasteiger partial charge in [-0.1, -0.05) is 36.0 Å². The van der Waals surface area contributed by atoms with Gasteiger partial charge >= 0.3 is 0 Å². The second kappa shape index (κ2) is 8.59. The summed E-state index contributed by atoms with van der Waals surface area (Å²) in [7, 11) is 0. The van der Waals surface area contributed by atoms with E-state index < -0.39 is 0 Å². The monoisotopic (exact) mass is 414 g/mol. The molecule has 4 nitrogen and oxygen atoms in total. The van der Waals surface area contributed by atoms with Gasteiger partial charge in [0.25, 0.3) is 0 Å². The van der Waals surface area contributed by atoms with Crippen molar-refractivity contribution >= 4 is 34.3 Å². The molecule has 4 rings (SSSR count). The Hall–Kier alpha value is -3.31. The summed E-state index contributed by atoms with van der Waals surface area (Å²) in [6.07, 6.45) is 1.66. The van der Waals surface area contributed by atoms with E-state index in [4.69, 9.17) is 0 Å². The maximum absolute atomic E-state index is 12.6. The molecule has 0 saturated carbocycles. The topological polar surface area (TPSA) is 51.1 Å². The number of carbonyl (C=O) groups excluding carboxylic acids is 1. The maximum atomic E-state index is 12.6. The molecular formula is C25H22N2O2S. The molecule has 30 heavy (non-hydrogen) atoms. The van der Waals surface area contributed by atoms with Crippen LogP contribution >= 0.6 is 11.8 Å². The SMILES string of the molecule is Cc1ccc(C)c(Sc2ccc(NC(=O)Cn3ccc(=O)c4ccccc43)cc2)c1. The number of benzene rings is 3. The summed E-state index contributed by atoms with van der Waals surface area (Å²) in [5.74, 6) is -0.140. The molecule has 0 aliphatic heterocycles. The number of aryl methyl sites for hydroxylation is 2. The van der Waals surface area contributed by atoms with Crippen LogP contribution in [-0.4, -0.2) is 10.5 Å². The number of pyridine rings is 1. The van der Waals surface area contributed by atoms with Crippen molar-refractivity contribution in [1.82, 2.24) is 4.57 Å². The van der Waals surface area contributed by atoms with Crippen LogP contribution in [0.5, 0.6) is 0 Å². The van der Waals surface area contributed by atoms with Crippen molar-refractivity contribution < 1.29 is 4.79 Å². The molecular weight excluding hydrogens is 392 g/mol. The van der Waals surface area contributed by atoms with Crippen molar-refractivity contribution in [3.8, 4) is 0 Å². The molecule has 0 spiro atoms. The molecule has 3 aromatic carbocycles. The highest BCUT2D eigenvalue weighted by Gasteiger charge is 2.08. The van der Waals surface area contributed by atoms with Gasteiger partial charge < -0.3 is 9.88 Å². The molecule has 1 amide bonds. The first-order valence-corrected chi connectivity index (χ1v) is 10.5. The quantitative estimate of drug-likeness (QED) is 0.475. The minimum atomic E-state index is -0.140. The van der Waals surface area contributed by atoms with Gasteiger partial charge in [-0.2, -0.15) is 0 Å². The Labute approximate surface area is 179 Å². The fraction of sp³-hybridized carbons (Fsp3) is 0.120. The Kier molecular flexibility index (Phi) is 5.72. The number of nitrogens with zero attached hydrogens (tertiary/aromatic N) is 1. The molecule has 0 atom stereocenters. The lowest BCUT2D eigenvalue weighted by Crippen LogP contribution is -2.20. The van der Waals surface area contributed by atoms with Crippen molar-refractivity contribution in [2.75, 3.05) is 5.32 Å². The average Bonchev–Trinajstić information content (AvgIpc) is 2.74. The van der Waals surface area contributed by atoms with E-state index in [0.717, 1.165) is 16.1 Å². The molecule has 4 aromatic rings. The normalized spacial score (nSPS) is 10.9. The predicted octanol–water partition coefficient (Wildman–Crippen LogP) is 5.41. The van der Waals surface area contributed by atoms with Crippen LogP contribution in [-0.2, 0) is 11.3 Å². The lowest BCUT2D eigenvalue weighted by atomic mass is 10.2. The van der Waals surface area contributed by atoms with E-state index in [-0.39, 0.29) is 17.9 Å². The molecule has 1 aromatic heterocycles. The van der Waals surface area contributed by atoms with Gasteiger partial charge in [0, 0.05) is 33.1 Å². The van der Waals surface area contributed by atoms with Crippen molar-refractivity contribution in [1.29, 1.82) is 0 Å². The Morgan fingerprint density at radius 2 is 1.73 bits per heavy atom. The van der Waals surface area contributed by atoms with Crippen LogP contribution in [0.15, 0.2) is 93.6 Å². The third-order valence-corrected chi connectivity index (χ3v) is 6.08. The smallest absolute Gasteiger partial charge is 0.244 e. The van der Waals surface area contributed by atoms with Crippen LogP contribution in [0.3, 0.4) is 0 Å². The van der Waals surface area contributed by atoms with Gasteiger partial charge in [0.2, 0.25) is 5.91 Å². The lowest BCUT2D eigenvalue weighted by molar-refractivity contribution is -0.116. The molecule has 150 valence electrons. The number of hydrogen-bond donors (Lipinski definition) is 1. The third kappa shape index (κ3) is 4.47. The first-order chi connectivity index (χ1) is 14.5. The number of rotatable bonds is 5. The number of para-hydroxylation sites is 1. The molecule has 0 aliphatic rings. The highest BCUT2D eigenvalue weighted by atomic mass is 32.2. The Morgan fingerprint density at radius 3 is 2.53 bits per heavy atom. The van der Waals surface area contributed by atoms with Crippen molar-refractivity contribution in [3.05, 3.63) is 100 Å². The second-order valence-electron chi connectivity index (χ2n) is 7.27. The molecule has 0 aliphatic carbocycles. The minimum Gasteiger partial charge on any atom is -0.338 e. The average molecular weight is 415 g/mol. The standard InChI is InChI=1S/C25H22N2O2S/c1-17-7-8-18(2)24(15-17)30-20-11-9-19(10-12-20)26-25(29)16-27-14-13-23(28)21-5-3-4-6-22(21)27/h3-15H,16H2,1-2H3,(H,26,29). The Morgan fingerprint density at radius 1 is 0.967 bits per heavy atom. The molecule has 0 radical (unpaired) electrons. The zero-order chi connectivity index (χ0) is 21.1. The van der Waals surface area contributed by atoms with E-state index in [1.807, 2.05) is 42.5 Å². The summed E-state index contributed by atoms with van der Waals surface area (Å²) in [5.41, 5.74) is 3.94. The van der Waals surface area contributed by atoms with Crippen LogP contribution < -0.4 is 10.7 Å². The highest BCUT2D eigenvalue weighted by molar-refractivity contribution is 7.99. The maximum Gasteiger partial charge on any atom is 0.244 e. The van der Waals surface area contributed by atoms with E-state index in [1.165, 1.54) is 22.1 Å². The van der Waals surface area contributed by atoms with E-state index in [1.54, 1.807) is 28.6 Å². The Bertz CT molecular complexity index is 1280. The summed E-state index contributed by atoms with van der Waals surface area (Å²) in [6.45, 7) is 4.34. The first kappa shape index (κ1) is 20.0. The van der Waals surface area contributed by atoms with Gasteiger partial charge in [0.15, 0.2) is 5.43 Å². The van der Waals surface area contributed by atoms with Gasteiger partial charge in [0.05, 0.1) is 5.52 Å². The zero-order valence-electron chi connectivity index (χ0n) is 16.9. The van der Waals surface area contributed by atoms with Crippen molar-refractivity contribution in [3.63, 3.8) is 0 Å². The van der Waals surface area contributed by atoms with Crippen LogP contribution in [0.2, 0.25) is 0 Å². The van der Waals surface area contributed by atoms with E-state index >= 15 is 0 Å². The fourth-order valence-corrected chi connectivity index (χ4v) is 4.30. The summed E-state index contributed by atoms with van der Waals surface area (Å²) in [6, 6.07) is 23.1. The van der Waals surface area contributed by atoms with Crippen LogP contribution in [0.25, 0.3) is 10.9 Å². The summed E-state index contributed by atoms with van der Waals surface area (Å²) < 4.78 is 1.79. The molecule has 0 unspecified atom stereocenters. The number of carbonyl (C=O) groups is 1. The number of hydrogen-bond acceptors (Lipinski definition) is 3. The zero-order valence-corrected chi connectivity index (χ0v) is 17.7. The molecule has 1 heterocycles. The fourth-order valence-electron chi connectivity index (χ4n) is 3.30. The minimum absolute atomic E-state index is 0.0424. The van der Waals surface area contributed by atoms with Gasteiger partial charge in [-0.15, -0.1) is 0 Å². The predicted molar refractivity (Wildman–Crippen MR) is 123 cm³/mol. The third-order valence-electron chi connectivity index (χ3n) is 4.91. The number of amides is 1. The van der Waals surface area contributed by atoms with Gasteiger partial charge in [-0.3, -0.25) is 9.59 Å². The highest BCUT2D eigenvalue weighted by Crippen LogP contribution is 2.31. The molecule has 0 saturated heterocycles. The first-order valence-electron chi connectivity index (χ1n) is 9.73. The van der Waals surface area contributed by atoms with E-state index in [2.05, 4.69) is 37.4 Å². The largest absolute Gasteiger partial charge is 0.338 e. The number of fused-ring (bicyclic) bond motifs is 1. The summed E-state index contributed by atoms with van der Waals surface area (Å²) in [4.78, 5) is 26.9. The van der Waals surface area contributed by atoms with Crippen LogP contribution in [0, 0.1) is 13.8 Å². The van der Waals surface area contributed by atoms with Gasteiger partial charge in [0.1, 0.15) is 6.54 Å². The number of nitrogens with one attached hydrogen (secondary N) is 1. The van der Waals surface area contributed by atoms with Crippen LogP contribution in [0.4, 0.5) is 5.69 Å².